The van der Waals surface area contributed by atoms with Gasteiger partial charge < -0.3 is 10.2 Å². The molecule has 7 rings (SSSR count). The van der Waals surface area contributed by atoms with Gasteiger partial charge in [0.2, 0.25) is 21.8 Å². The molecule has 1 N–H and O–H groups in total. The van der Waals surface area contributed by atoms with E-state index in [0.717, 1.165) is 35.1 Å². The van der Waals surface area contributed by atoms with E-state index < -0.39 is 28.5 Å². The quantitative estimate of drug-likeness (QED) is 0.245. The van der Waals surface area contributed by atoms with Crippen LogP contribution < -0.4 is 9.62 Å². The second-order valence-corrected chi connectivity index (χ2v) is 16.1. The molecule has 4 aliphatic carbocycles. The minimum Gasteiger partial charge on any atom is -0.355 e. The summed E-state index contributed by atoms with van der Waals surface area (Å²) >= 11 is 6.29. The number of rotatable bonds is 12. The number of nitrogens with zero attached hydrogens (tertiary/aromatic N) is 2. The molecule has 0 spiro atoms. The highest BCUT2D eigenvalue weighted by molar-refractivity contribution is 7.92. The third-order valence-electron chi connectivity index (χ3n) is 10.3. The highest BCUT2D eigenvalue weighted by atomic mass is 35.5. The Kier molecular flexibility index (Phi) is 9.49. The van der Waals surface area contributed by atoms with Gasteiger partial charge in [0.1, 0.15) is 12.6 Å². The highest BCUT2D eigenvalue weighted by Gasteiger charge is 2.51. The van der Waals surface area contributed by atoms with Crippen molar-refractivity contribution in [1.29, 1.82) is 0 Å². The third-order valence-corrected chi connectivity index (χ3v) is 11.7. The minimum absolute atomic E-state index is 0.0938. The van der Waals surface area contributed by atoms with Gasteiger partial charge in [-0.25, -0.2) is 8.42 Å². The fourth-order valence-corrected chi connectivity index (χ4v) is 9.80. The lowest BCUT2D eigenvalue weighted by molar-refractivity contribution is -0.140. The molecular weight excluding hydrogens is 618 g/mol. The molecule has 3 aromatic carbocycles. The summed E-state index contributed by atoms with van der Waals surface area (Å²) in [5.41, 5.74) is 3.56. The normalized spacial score (nSPS) is 23.9. The van der Waals surface area contributed by atoms with Crippen LogP contribution in [0.4, 0.5) is 5.69 Å². The number of sulfonamides is 1. The first kappa shape index (κ1) is 32.6. The first-order chi connectivity index (χ1) is 22.0. The topological polar surface area (TPSA) is 86.8 Å². The molecule has 244 valence electrons. The number of nitrogens with one attached hydrogen (secondary N) is 1. The Labute approximate surface area is 278 Å². The van der Waals surface area contributed by atoms with Gasteiger partial charge in [0.25, 0.3) is 0 Å². The van der Waals surface area contributed by atoms with E-state index in [1.807, 2.05) is 55.5 Å². The zero-order valence-electron chi connectivity index (χ0n) is 26.7. The summed E-state index contributed by atoms with van der Waals surface area (Å²) in [5, 5.41) is 3.40. The Morgan fingerprint density at radius 3 is 2.07 bits per heavy atom. The summed E-state index contributed by atoms with van der Waals surface area (Å²) in [6.45, 7) is 1.89. The number of carbonyl (C=O) groups excluding carboxylic acids is 2. The Morgan fingerprint density at radius 1 is 0.891 bits per heavy atom. The second kappa shape index (κ2) is 13.4. The standard InChI is InChI=1S/C37H44ClN3O4S/c1-3-39-36(43)34(20-26-8-5-4-6-9-26)40(24-27-10-7-11-32(38)19-27)35(42)25-41(46(2,44)45)33-14-12-31(13-15-33)37-21-28-16-29(22-37)18-30(17-28)23-37/h4-15,19,28-30,34H,3,16-18,20-25H2,1-2H3,(H,39,43). The van der Waals surface area contributed by atoms with Crippen LogP contribution in [0.5, 0.6) is 0 Å². The van der Waals surface area contributed by atoms with Crippen molar-refractivity contribution in [2.24, 2.45) is 17.8 Å². The van der Waals surface area contributed by atoms with Crippen molar-refractivity contribution in [3.63, 3.8) is 0 Å². The molecule has 0 heterocycles. The highest BCUT2D eigenvalue weighted by Crippen LogP contribution is 2.60. The van der Waals surface area contributed by atoms with E-state index in [0.29, 0.717) is 17.3 Å². The van der Waals surface area contributed by atoms with E-state index in [2.05, 4.69) is 17.4 Å². The van der Waals surface area contributed by atoms with Crippen molar-refractivity contribution < 1.29 is 18.0 Å². The molecule has 0 aromatic heterocycles. The zero-order valence-corrected chi connectivity index (χ0v) is 28.3. The van der Waals surface area contributed by atoms with Gasteiger partial charge in [-0.05, 0) is 110 Å². The Balaban J connectivity index is 1.30. The van der Waals surface area contributed by atoms with E-state index in [1.54, 1.807) is 18.2 Å². The molecule has 4 saturated carbocycles. The molecule has 46 heavy (non-hydrogen) atoms. The molecule has 2 amide bonds. The molecule has 9 heteroatoms. The van der Waals surface area contributed by atoms with Crippen LogP contribution in [0.2, 0.25) is 5.02 Å². The summed E-state index contributed by atoms with van der Waals surface area (Å²) in [6, 6.07) is 23.7. The van der Waals surface area contributed by atoms with Gasteiger partial charge in [0.15, 0.2) is 0 Å². The van der Waals surface area contributed by atoms with E-state index in [9.17, 15) is 18.0 Å². The molecule has 1 unspecified atom stereocenters. The van der Waals surface area contributed by atoms with Crippen molar-refractivity contribution in [2.75, 3.05) is 23.7 Å². The minimum atomic E-state index is -3.83. The predicted molar refractivity (Wildman–Crippen MR) is 183 cm³/mol. The first-order valence-electron chi connectivity index (χ1n) is 16.5. The van der Waals surface area contributed by atoms with Crippen LogP contribution >= 0.6 is 11.6 Å². The Hall–Kier alpha value is -3.36. The van der Waals surface area contributed by atoms with E-state index in [-0.39, 0.29) is 24.3 Å². The number of hydrogen-bond donors (Lipinski definition) is 1. The van der Waals surface area contributed by atoms with Gasteiger partial charge in [-0.2, -0.15) is 0 Å². The molecule has 1 atom stereocenters. The van der Waals surface area contributed by atoms with Gasteiger partial charge in [-0.3, -0.25) is 13.9 Å². The van der Waals surface area contributed by atoms with Crippen molar-refractivity contribution in [1.82, 2.24) is 10.2 Å². The van der Waals surface area contributed by atoms with E-state index in [4.69, 9.17) is 11.6 Å². The molecule has 4 bridgehead atoms. The number of amides is 2. The molecule has 7 nitrogen and oxygen atoms in total. The maximum absolute atomic E-state index is 14.3. The van der Waals surface area contributed by atoms with Crippen LogP contribution in [0.1, 0.15) is 62.1 Å². The maximum atomic E-state index is 14.3. The molecule has 0 radical (unpaired) electrons. The largest absolute Gasteiger partial charge is 0.355 e. The zero-order chi connectivity index (χ0) is 32.5. The lowest BCUT2D eigenvalue weighted by Gasteiger charge is -2.57. The fourth-order valence-electron chi connectivity index (χ4n) is 8.74. The molecule has 4 aliphatic rings. The van der Waals surface area contributed by atoms with Crippen LogP contribution in [-0.2, 0) is 38.0 Å². The van der Waals surface area contributed by atoms with Crippen LogP contribution in [0, 0.1) is 17.8 Å². The Morgan fingerprint density at radius 2 is 1.50 bits per heavy atom. The lowest BCUT2D eigenvalue weighted by Crippen LogP contribution is -2.53. The van der Waals surface area contributed by atoms with E-state index in [1.165, 1.54) is 53.3 Å². The number of halogens is 1. The van der Waals surface area contributed by atoms with Crippen molar-refractivity contribution >= 4 is 39.1 Å². The van der Waals surface area contributed by atoms with Gasteiger partial charge >= 0.3 is 0 Å². The molecule has 0 aliphatic heterocycles. The lowest BCUT2D eigenvalue weighted by atomic mass is 9.48. The summed E-state index contributed by atoms with van der Waals surface area (Å²) in [7, 11) is -3.83. The SMILES string of the molecule is CCNC(=O)C(Cc1ccccc1)N(Cc1cccc(Cl)c1)C(=O)CN(c1ccc(C23CC4CC(CC(C4)C2)C3)cc1)S(C)(=O)=O. The second-order valence-electron chi connectivity index (χ2n) is 13.8. The summed E-state index contributed by atoms with van der Waals surface area (Å²) < 4.78 is 27.7. The molecule has 3 aromatic rings. The predicted octanol–water partition coefficient (Wildman–Crippen LogP) is 6.35. The van der Waals surface area contributed by atoms with Gasteiger partial charge in [-0.15, -0.1) is 0 Å². The smallest absolute Gasteiger partial charge is 0.244 e. The van der Waals surface area contributed by atoms with Gasteiger partial charge in [0.05, 0.1) is 11.9 Å². The number of anilines is 1. The summed E-state index contributed by atoms with van der Waals surface area (Å²) in [5.74, 6) is 1.64. The van der Waals surface area contributed by atoms with Crippen molar-refractivity contribution in [2.45, 2.75) is 69.9 Å². The van der Waals surface area contributed by atoms with E-state index >= 15 is 0 Å². The molecule has 0 saturated heterocycles. The summed E-state index contributed by atoms with van der Waals surface area (Å²) in [6.07, 6.45) is 9.12. The first-order valence-corrected chi connectivity index (χ1v) is 18.7. The Bertz CT molecular complexity index is 1630. The average Bonchev–Trinajstić information content (AvgIpc) is 3.01. The maximum Gasteiger partial charge on any atom is 0.244 e. The molecular formula is C37H44ClN3O4S. The van der Waals surface area contributed by atoms with Gasteiger partial charge in [-0.1, -0.05) is 66.2 Å². The third kappa shape index (κ3) is 7.13. The van der Waals surface area contributed by atoms with Crippen molar-refractivity contribution in [3.8, 4) is 0 Å². The van der Waals surface area contributed by atoms with Crippen LogP contribution in [0.3, 0.4) is 0 Å². The monoisotopic (exact) mass is 661 g/mol. The fraction of sp³-hybridized carbons (Fsp3) is 0.459. The van der Waals surface area contributed by atoms with Gasteiger partial charge in [0, 0.05) is 24.5 Å². The number of carbonyl (C=O) groups is 2. The number of benzene rings is 3. The number of likely N-dealkylation sites (N-methyl/N-ethyl adjacent to an activating group) is 1. The van der Waals surface area contributed by atoms with Crippen LogP contribution in [0.15, 0.2) is 78.9 Å². The molecule has 4 fully saturated rings. The summed E-state index contributed by atoms with van der Waals surface area (Å²) in [4.78, 5) is 29.3. The van der Waals surface area contributed by atoms with Crippen LogP contribution in [-0.4, -0.2) is 50.5 Å². The number of hydrogen-bond acceptors (Lipinski definition) is 4. The van der Waals surface area contributed by atoms with Crippen LogP contribution in [0.25, 0.3) is 0 Å². The average molecular weight is 662 g/mol. The van der Waals surface area contributed by atoms with Crippen molar-refractivity contribution in [3.05, 3.63) is 101 Å².